The molecule has 23 heavy (non-hydrogen) atoms. The van der Waals surface area contributed by atoms with E-state index in [-0.39, 0.29) is 11.4 Å². The highest BCUT2D eigenvalue weighted by atomic mass is 35.5. The predicted molar refractivity (Wildman–Crippen MR) is 90.0 cm³/mol. The van der Waals surface area contributed by atoms with Crippen LogP contribution in [0.15, 0.2) is 47.5 Å². The van der Waals surface area contributed by atoms with Crippen LogP contribution in [0.1, 0.15) is 12.5 Å². The molecule has 0 saturated heterocycles. The Morgan fingerprint density at radius 2 is 2.04 bits per heavy atom. The molecule has 124 valence electrons. The fourth-order valence-corrected chi connectivity index (χ4v) is 2.81. The molecule has 0 aliphatic heterocycles. The Labute approximate surface area is 140 Å². The Hall–Kier alpha value is -1.67. The van der Waals surface area contributed by atoms with Gasteiger partial charge in [0.25, 0.3) is 0 Å². The number of sulfonamides is 1. The Balaban J connectivity index is 2.08. The summed E-state index contributed by atoms with van der Waals surface area (Å²) in [6.07, 6.45) is 1.25. The van der Waals surface area contributed by atoms with E-state index in [2.05, 4.69) is 15.0 Å². The van der Waals surface area contributed by atoms with Crippen LogP contribution in [0.2, 0.25) is 5.02 Å². The van der Waals surface area contributed by atoms with E-state index >= 15 is 0 Å². The van der Waals surface area contributed by atoms with Crippen molar-refractivity contribution >= 4 is 27.4 Å². The molecule has 1 unspecified atom stereocenters. The van der Waals surface area contributed by atoms with E-state index in [0.29, 0.717) is 16.4 Å². The van der Waals surface area contributed by atoms with Gasteiger partial charge in [0, 0.05) is 17.8 Å². The Kier molecular flexibility index (Phi) is 5.26. The zero-order valence-corrected chi connectivity index (χ0v) is 14.3. The average Bonchev–Trinajstić information content (AvgIpc) is 2.53. The van der Waals surface area contributed by atoms with E-state index < -0.39 is 15.6 Å². The molecule has 1 aromatic heterocycles. The molecule has 2 rings (SSSR count). The molecule has 1 atom stereocenters. The standard InChI is InChI=1S/C15H18ClN3O3S/c1-15(20,11-4-3-5-12(16)8-11)10-19-14-7-6-13(9-18-14)23(21,22)17-2/h3-9,17,20H,10H2,1-2H3,(H,18,19). The van der Waals surface area contributed by atoms with Gasteiger partial charge in [-0.3, -0.25) is 0 Å². The number of aromatic nitrogens is 1. The fraction of sp³-hybridized carbons (Fsp3) is 0.267. The molecule has 0 fully saturated rings. The quantitative estimate of drug-likeness (QED) is 0.736. The van der Waals surface area contributed by atoms with Crippen LogP contribution in [-0.2, 0) is 15.6 Å². The molecule has 0 saturated carbocycles. The number of nitrogens with zero attached hydrogens (tertiary/aromatic N) is 1. The lowest BCUT2D eigenvalue weighted by Crippen LogP contribution is -2.31. The van der Waals surface area contributed by atoms with Gasteiger partial charge in [-0.25, -0.2) is 18.1 Å². The molecule has 0 amide bonds. The molecule has 2 aromatic rings. The molecule has 0 spiro atoms. The van der Waals surface area contributed by atoms with Gasteiger partial charge in [0.1, 0.15) is 16.3 Å². The van der Waals surface area contributed by atoms with E-state index in [4.69, 9.17) is 11.6 Å². The molecular formula is C15H18ClN3O3S. The minimum atomic E-state index is -3.51. The van der Waals surface area contributed by atoms with Crippen molar-refractivity contribution in [2.45, 2.75) is 17.4 Å². The molecule has 6 nitrogen and oxygen atoms in total. The van der Waals surface area contributed by atoms with Gasteiger partial charge >= 0.3 is 0 Å². The summed E-state index contributed by atoms with van der Waals surface area (Å²) in [4.78, 5) is 4.12. The molecule has 3 N–H and O–H groups in total. The maximum Gasteiger partial charge on any atom is 0.241 e. The highest BCUT2D eigenvalue weighted by Crippen LogP contribution is 2.24. The summed E-state index contributed by atoms with van der Waals surface area (Å²) in [6.45, 7) is 1.85. The average molecular weight is 356 g/mol. The summed E-state index contributed by atoms with van der Waals surface area (Å²) >= 11 is 5.94. The Bertz CT molecular complexity index is 777. The summed E-state index contributed by atoms with van der Waals surface area (Å²) in [7, 11) is -2.17. The first-order chi connectivity index (χ1) is 10.7. The van der Waals surface area contributed by atoms with E-state index in [1.54, 1.807) is 31.2 Å². The molecular weight excluding hydrogens is 338 g/mol. The van der Waals surface area contributed by atoms with Crippen LogP contribution in [-0.4, -0.2) is 32.1 Å². The van der Waals surface area contributed by atoms with Gasteiger partial charge < -0.3 is 10.4 Å². The van der Waals surface area contributed by atoms with E-state index in [1.807, 2.05) is 0 Å². The Morgan fingerprint density at radius 3 is 2.61 bits per heavy atom. The number of anilines is 1. The van der Waals surface area contributed by atoms with Crippen molar-refractivity contribution in [3.63, 3.8) is 0 Å². The summed E-state index contributed by atoms with van der Waals surface area (Å²) in [5.74, 6) is 0.461. The summed E-state index contributed by atoms with van der Waals surface area (Å²) in [5, 5.41) is 14.1. The zero-order valence-electron chi connectivity index (χ0n) is 12.7. The molecule has 0 bridgehead atoms. The summed E-state index contributed by atoms with van der Waals surface area (Å²) < 4.78 is 25.5. The number of halogens is 1. The van der Waals surface area contributed by atoms with Crippen LogP contribution in [0, 0.1) is 0 Å². The van der Waals surface area contributed by atoms with Crippen LogP contribution in [0.5, 0.6) is 0 Å². The first-order valence-corrected chi connectivity index (χ1v) is 8.72. The molecule has 1 heterocycles. The maximum atomic E-state index is 11.6. The van der Waals surface area contributed by atoms with Crippen molar-refractivity contribution in [3.8, 4) is 0 Å². The third kappa shape index (κ3) is 4.42. The number of hydrogen-bond acceptors (Lipinski definition) is 5. The number of benzene rings is 1. The first kappa shape index (κ1) is 17.7. The molecule has 0 aliphatic carbocycles. The second kappa shape index (κ2) is 6.84. The van der Waals surface area contributed by atoms with Gasteiger partial charge in [0.05, 0.1) is 0 Å². The van der Waals surface area contributed by atoms with Gasteiger partial charge in [-0.05, 0) is 43.8 Å². The number of aliphatic hydroxyl groups is 1. The normalized spacial score (nSPS) is 14.3. The topological polar surface area (TPSA) is 91.3 Å². The van der Waals surface area contributed by atoms with E-state index in [9.17, 15) is 13.5 Å². The van der Waals surface area contributed by atoms with E-state index in [1.165, 1.54) is 25.4 Å². The molecule has 8 heteroatoms. The third-order valence-electron chi connectivity index (χ3n) is 3.38. The van der Waals surface area contributed by atoms with Gasteiger partial charge in [-0.15, -0.1) is 0 Å². The SMILES string of the molecule is CNS(=O)(=O)c1ccc(NCC(C)(O)c2cccc(Cl)c2)nc1. The van der Waals surface area contributed by atoms with Crippen molar-refractivity contribution in [3.05, 3.63) is 53.2 Å². The van der Waals surface area contributed by atoms with Crippen molar-refractivity contribution in [1.82, 2.24) is 9.71 Å². The third-order valence-corrected chi connectivity index (χ3v) is 5.01. The van der Waals surface area contributed by atoms with Crippen molar-refractivity contribution in [1.29, 1.82) is 0 Å². The van der Waals surface area contributed by atoms with Crippen LogP contribution in [0.4, 0.5) is 5.82 Å². The minimum absolute atomic E-state index is 0.0761. The monoisotopic (exact) mass is 355 g/mol. The highest BCUT2D eigenvalue weighted by molar-refractivity contribution is 7.89. The number of nitrogens with one attached hydrogen (secondary N) is 2. The number of rotatable bonds is 6. The fourth-order valence-electron chi connectivity index (χ4n) is 1.95. The number of pyridine rings is 1. The summed E-state index contributed by atoms with van der Waals surface area (Å²) in [5.41, 5.74) is -0.477. The molecule has 1 aromatic carbocycles. The second-order valence-electron chi connectivity index (χ2n) is 5.22. The Morgan fingerprint density at radius 1 is 1.30 bits per heavy atom. The van der Waals surface area contributed by atoms with Gasteiger partial charge in [0.2, 0.25) is 10.0 Å². The van der Waals surface area contributed by atoms with Crippen LogP contribution >= 0.6 is 11.6 Å². The lowest BCUT2D eigenvalue weighted by molar-refractivity contribution is 0.0714. The minimum Gasteiger partial charge on any atom is -0.384 e. The zero-order chi connectivity index (χ0) is 17.1. The number of hydrogen-bond donors (Lipinski definition) is 3. The van der Waals surface area contributed by atoms with Crippen LogP contribution in [0.3, 0.4) is 0 Å². The predicted octanol–water partition coefficient (Wildman–Crippen LogP) is 1.96. The van der Waals surface area contributed by atoms with Gasteiger partial charge in [0.15, 0.2) is 0 Å². The smallest absolute Gasteiger partial charge is 0.241 e. The maximum absolute atomic E-state index is 11.6. The summed E-state index contributed by atoms with van der Waals surface area (Å²) in [6, 6.07) is 9.95. The van der Waals surface area contributed by atoms with Crippen molar-refractivity contribution in [2.24, 2.45) is 0 Å². The van der Waals surface area contributed by atoms with E-state index in [0.717, 1.165) is 0 Å². The van der Waals surface area contributed by atoms with Crippen LogP contribution < -0.4 is 10.0 Å². The van der Waals surface area contributed by atoms with Gasteiger partial charge in [-0.2, -0.15) is 0 Å². The highest BCUT2D eigenvalue weighted by Gasteiger charge is 2.23. The van der Waals surface area contributed by atoms with Crippen molar-refractivity contribution in [2.75, 3.05) is 18.9 Å². The van der Waals surface area contributed by atoms with Gasteiger partial charge in [-0.1, -0.05) is 23.7 Å². The van der Waals surface area contributed by atoms with Crippen LogP contribution in [0.25, 0.3) is 0 Å². The second-order valence-corrected chi connectivity index (χ2v) is 7.55. The molecule has 0 aliphatic rings. The first-order valence-electron chi connectivity index (χ1n) is 6.86. The molecule has 0 radical (unpaired) electrons. The lowest BCUT2D eigenvalue weighted by Gasteiger charge is -2.24. The van der Waals surface area contributed by atoms with Crippen molar-refractivity contribution < 1.29 is 13.5 Å². The largest absolute Gasteiger partial charge is 0.384 e. The lowest BCUT2D eigenvalue weighted by atomic mass is 9.96.